The third-order valence-corrected chi connectivity index (χ3v) is 4.22. The van der Waals surface area contributed by atoms with E-state index < -0.39 is 0 Å². The largest absolute Gasteiger partial charge is 0.508 e. The molecule has 0 aliphatic carbocycles. The zero-order valence-corrected chi connectivity index (χ0v) is 15.7. The molecule has 1 heterocycles. The van der Waals surface area contributed by atoms with Crippen LogP contribution in [0.25, 0.3) is 0 Å². The van der Waals surface area contributed by atoms with E-state index in [1.54, 1.807) is 48.5 Å². The average Bonchev–Trinajstić information content (AvgIpc) is 2.65. The molecule has 2 N–H and O–H groups in total. The molecule has 0 atom stereocenters. The second-order valence-electron chi connectivity index (χ2n) is 5.74. The van der Waals surface area contributed by atoms with Crippen LogP contribution in [-0.4, -0.2) is 16.0 Å². The van der Waals surface area contributed by atoms with Gasteiger partial charge in [-0.3, -0.25) is 4.79 Å². The number of carbonyl (C=O) groups excluding carboxylic acids is 1. The Kier molecular flexibility index (Phi) is 6.16. The summed E-state index contributed by atoms with van der Waals surface area (Å²) in [6.07, 6.45) is 2.17. The Morgan fingerprint density at radius 3 is 2.56 bits per heavy atom. The Hall–Kier alpha value is -2.76. The lowest BCUT2D eigenvalue weighted by Crippen LogP contribution is -2.12. The van der Waals surface area contributed by atoms with Gasteiger partial charge in [0.1, 0.15) is 16.5 Å². The number of phenols is 1. The number of para-hydroxylation sites is 1. The fourth-order valence-electron chi connectivity index (χ4n) is 2.39. The van der Waals surface area contributed by atoms with Crippen LogP contribution >= 0.6 is 23.2 Å². The van der Waals surface area contributed by atoms with Crippen LogP contribution in [0.3, 0.4) is 0 Å². The Bertz CT molecular complexity index is 946. The summed E-state index contributed by atoms with van der Waals surface area (Å²) in [4.78, 5) is 16.1. The number of pyridine rings is 1. The molecule has 0 spiro atoms. The van der Waals surface area contributed by atoms with Crippen molar-refractivity contribution in [2.75, 3.05) is 5.32 Å². The van der Waals surface area contributed by atoms with Gasteiger partial charge in [-0.15, -0.1) is 0 Å². The van der Waals surface area contributed by atoms with Crippen molar-refractivity contribution in [3.63, 3.8) is 0 Å². The summed E-state index contributed by atoms with van der Waals surface area (Å²) in [5, 5.41) is 13.3. The van der Waals surface area contributed by atoms with E-state index in [0.717, 1.165) is 5.56 Å². The van der Waals surface area contributed by atoms with E-state index in [0.29, 0.717) is 27.9 Å². The summed E-state index contributed by atoms with van der Waals surface area (Å²) in [6.45, 7) is 0. The molecule has 0 fully saturated rings. The maximum Gasteiger partial charge on any atom is 0.238 e. The normalized spacial score (nSPS) is 10.4. The predicted octanol–water partition coefficient (Wildman–Crippen LogP) is 5.46. The van der Waals surface area contributed by atoms with Crippen LogP contribution in [0, 0.1) is 0 Å². The smallest absolute Gasteiger partial charge is 0.238 e. The summed E-state index contributed by atoms with van der Waals surface area (Å²) >= 11 is 11.8. The van der Waals surface area contributed by atoms with Gasteiger partial charge in [-0.1, -0.05) is 41.4 Å². The molecule has 7 heteroatoms. The van der Waals surface area contributed by atoms with Gasteiger partial charge in [0.2, 0.25) is 11.8 Å². The number of aryl methyl sites for hydroxylation is 1. The van der Waals surface area contributed by atoms with Crippen LogP contribution in [0.4, 0.5) is 5.69 Å². The molecule has 0 saturated carbocycles. The van der Waals surface area contributed by atoms with Crippen LogP contribution in [0.1, 0.15) is 12.0 Å². The lowest BCUT2D eigenvalue weighted by molar-refractivity contribution is -0.116. The molecule has 2 aromatic carbocycles. The second-order valence-corrected chi connectivity index (χ2v) is 6.59. The average molecular weight is 403 g/mol. The highest BCUT2D eigenvalue weighted by Gasteiger charge is 2.08. The van der Waals surface area contributed by atoms with E-state index >= 15 is 0 Å². The van der Waals surface area contributed by atoms with Crippen LogP contribution in [-0.2, 0) is 11.2 Å². The number of carbonyl (C=O) groups is 1. The number of aromatic hydroxyl groups is 1. The van der Waals surface area contributed by atoms with E-state index in [1.165, 1.54) is 6.20 Å². The Labute approximate surface area is 166 Å². The van der Waals surface area contributed by atoms with Gasteiger partial charge in [-0.2, -0.15) is 0 Å². The maximum absolute atomic E-state index is 12.1. The van der Waals surface area contributed by atoms with Crippen molar-refractivity contribution in [3.05, 3.63) is 76.4 Å². The van der Waals surface area contributed by atoms with Gasteiger partial charge in [0.15, 0.2) is 0 Å². The highest BCUT2D eigenvalue weighted by Crippen LogP contribution is 2.29. The summed E-state index contributed by atoms with van der Waals surface area (Å²) in [7, 11) is 0. The number of hydrogen-bond acceptors (Lipinski definition) is 4. The van der Waals surface area contributed by atoms with E-state index in [2.05, 4.69) is 10.3 Å². The predicted molar refractivity (Wildman–Crippen MR) is 106 cm³/mol. The maximum atomic E-state index is 12.1. The van der Waals surface area contributed by atoms with Gasteiger partial charge in [0.05, 0.1) is 5.02 Å². The van der Waals surface area contributed by atoms with E-state index in [1.807, 2.05) is 6.07 Å². The van der Waals surface area contributed by atoms with E-state index in [4.69, 9.17) is 27.9 Å². The number of halogens is 2. The minimum absolute atomic E-state index is 0.144. The number of anilines is 1. The van der Waals surface area contributed by atoms with Crippen molar-refractivity contribution in [2.45, 2.75) is 12.8 Å². The summed E-state index contributed by atoms with van der Waals surface area (Å²) in [5.41, 5.74) is 1.38. The first-order valence-electron chi connectivity index (χ1n) is 8.17. The quantitative estimate of drug-likeness (QED) is 0.574. The number of benzene rings is 2. The third-order valence-electron chi connectivity index (χ3n) is 3.74. The molecule has 3 rings (SSSR count). The van der Waals surface area contributed by atoms with Crippen molar-refractivity contribution in [3.8, 4) is 17.4 Å². The number of nitrogens with zero attached hydrogens (tertiary/aromatic N) is 1. The molecule has 1 amide bonds. The zero-order chi connectivity index (χ0) is 19.2. The SMILES string of the molecule is O=C(CCc1ccccc1O)Nc1ccc(Oc2ncc(Cl)cc2Cl)cc1. The lowest BCUT2D eigenvalue weighted by atomic mass is 10.1. The number of nitrogens with one attached hydrogen (secondary N) is 1. The third kappa shape index (κ3) is 5.36. The molecule has 0 unspecified atom stereocenters. The molecular weight excluding hydrogens is 387 g/mol. The van der Waals surface area contributed by atoms with Gasteiger partial charge >= 0.3 is 0 Å². The molecule has 0 saturated heterocycles. The van der Waals surface area contributed by atoms with Crippen LogP contribution in [0.5, 0.6) is 17.4 Å². The van der Waals surface area contributed by atoms with Gasteiger partial charge in [0.25, 0.3) is 0 Å². The number of rotatable bonds is 6. The minimum Gasteiger partial charge on any atom is -0.508 e. The molecule has 5 nitrogen and oxygen atoms in total. The van der Waals surface area contributed by atoms with Crippen molar-refractivity contribution < 1.29 is 14.6 Å². The Morgan fingerprint density at radius 1 is 1.11 bits per heavy atom. The topological polar surface area (TPSA) is 71.5 Å². The van der Waals surface area contributed by atoms with Gasteiger partial charge in [0, 0.05) is 18.3 Å². The van der Waals surface area contributed by atoms with Crippen LogP contribution in [0.15, 0.2) is 60.8 Å². The molecule has 0 aliphatic heterocycles. The minimum atomic E-state index is -0.144. The summed E-state index contributed by atoms with van der Waals surface area (Å²) in [5.74, 6) is 0.829. The van der Waals surface area contributed by atoms with Crippen molar-refractivity contribution in [2.24, 2.45) is 0 Å². The van der Waals surface area contributed by atoms with Crippen molar-refractivity contribution >= 4 is 34.8 Å². The number of phenolic OH excluding ortho intramolecular Hbond substituents is 1. The van der Waals surface area contributed by atoms with Crippen LogP contribution in [0.2, 0.25) is 10.0 Å². The van der Waals surface area contributed by atoms with E-state index in [9.17, 15) is 9.90 Å². The molecule has 3 aromatic rings. The number of ether oxygens (including phenoxy) is 1. The first-order valence-corrected chi connectivity index (χ1v) is 8.92. The fraction of sp³-hybridized carbons (Fsp3) is 0.100. The molecule has 0 aliphatic rings. The molecular formula is C20H16Cl2N2O3. The number of aromatic nitrogens is 1. The summed E-state index contributed by atoms with van der Waals surface area (Å²) < 4.78 is 5.60. The first-order chi connectivity index (χ1) is 13.0. The first kappa shape index (κ1) is 19.0. The summed E-state index contributed by atoms with van der Waals surface area (Å²) in [6, 6.07) is 15.4. The lowest BCUT2D eigenvalue weighted by Gasteiger charge is -2.09. The fourth-order valence-corrected chi connectivity index (χ4v) is 2.81. The van der Waals surface area contributed by atoms with Crippen molar-refractivity contribution in [1.29, 1.82) is 0 Å². The van der Waals surface area contributed by atoms with Crippen LogP contribution < -0.4 is 10.1 Å². The number of amides is 1. The Balaban J connectivity index is 1.55. The molecule has 1 aromatic heterocycles. The molecule has 0 radical (unpaired) electrons. The standard InChI is InChI=1S/C20H16Cl2N2O3/c21-14-11-17(22)20(23-12-14)27-16-8-6-15(7-9-16)24-19(26)10-5-13-3-1-2-4-18(13)25/h1-4,6-9,11-12,25H,5,10H2,(H,24,26). The highest BCUT2D eigenvalue weighted by atomic mass is 35.5. The molecule has 138 valence electrons. The molecule has 27 heavy (non-hydrogen) atoms. The van der Waals surface area contributed by atoms with Gasteiger partial charge in [-0.25, -0.2) is 4.98 Å². The Morgan fingerprint density at radius 2 is 1.85 bits per heavy atom. The van der Waals surface area contributed by atoms with E-state index in [-0.39, 0.29) is 24.0 Å². The van der Waals surface area contributed by atoms with Crippen molar-refractivity contribution in [1.82, 2.24) is 4.98 Å². The highest BCUT2D eigenvalue weighted by molar-refractivity contribution is 6.35. The monoisotopic (exact) mass is 402 g/mol. The van der Waals surface area contributed by atoms with Gasteiger partial charge < -0.3 is 15.2 Å². The molecule has 0 bridgehead atoms. The van der Waals surface area contributed by atoms with Gasteiger partial charge in [-0.05, 0) is 48.4 Å². The second kappa shape index (κ2) is 8.75. The zero-order valence-electron chi connectivity index (χ0n) is 14.2. The number of hydrogen-bond donors (Lipinski definition) is 2.